The molecule has 1 unspecified atom stereocenters. The lowest BCUT2D eigenvalue weighted by atomic mass is 10.1. The van der Waals surface area contributed by atoms with Crippen LogP contribution in [0.15, 0.2) is 27.8 Å². The Morgan fingerprint density at radius 2 is 1.88 bits per heavy atom. The number of carbonyl (C=O) groups excluding carboxylic acids is 1. The summed E-state index contributed by atoms with van der Waals surface area (Å²) in [6, 6.07) is 1.62. The predicted octanol–water partition coefficient (Wildman–Crippen LogP) is 0.686. The van der Waals surface area contributed by atoms with Gasteiger partial charge in [0.1, 0.15) is 22.2 Å². The van der Waals surface area contributed by atoms with Crippen LogP contribution >= 0.6 is 12.2 Å². The first-order valence-corrected chi connectivity index (χ1v) is 9.76. The summed E-state index contributed by atoms with van der Waals surface area (Å²) in [5, 5.41) is 10.9. The second-order valence-corrected chi connectivity index (χ2v) is 7.34. The van der Waals surface area contributed by atoms with Gasteiger partial charge in [-0.15, -0.1) is 0 Å². The summed E-state index contributed by atoms with van der Waals surface area (Å²) in [5.74, 6) is -3.49. The predicted molar refractivity (Wildman–Crippen MR) is 113 cm³/mol. The van der Waals surface area contributed by atoms with Crippen molar-refractivity contribution >= 4 is 29.1 Å². The molecule has 2 rings (SSSR count). The number of carboxylic acids is 1. The first-order valence-electron chi connectivity index (χ1n) is 9.35. The number of carbonyl (C=O) groups is 2. The van der Waals surface area contributed by atoms with Crippen molar-refractivity contribution in [3.63, 3.8) is 0 Å². The van der Waals surface area contributed by atoms with Gasteiger partial charge in [0.25, 0.3) is 11.5 Å². The molecule has 0 radical (unpaired) electrons. The topological polar surface area (TPSA) is 146 Å². The molecule has 0 aliphatic carbocycles. The fourth-order valence-corrected chi connectivity index (χ4v) is 2.96. The molecular formula is C19H18F4N4O6S. The summed E-state index contributed by atoms with van der Waals surface area (Å²) in [6.45, 7) is 1.04. The number of thiocarbonyl (C=S) groups is 1. The molecule has 2 aromatic rings. The molecule has 1 heterocycles. The molecular weight excluding hydrogens is 488 g/mol. The van der Waals surface area contributed by atoms with Crippen LogP contribution in [0, 0.1) is 5.82 Å². The van der Waals surface area contributed by atoms with E-state index in [9.17, 15) is 36.7 Å². The Morgan fingerprint density at radius 1 is 1.26 bits per heavy atom. The van der Waals surface area contributed by atoms with Gasteiger partial charge in [0.2, 0.25) is 0 Å². The van der Waals surface area contributed by atoms with Crippen molar-refractivity contribution in [1.82, 2.24) is 14.5 Å². The highest BCUT2D eigenvalue weighted by molar-refractivity contribution is 7.80. The van der Waals surface area contributed by atoms with E-state index in [0.29, 0.717) is 6.07 Å². The van der Waals surface area contributed by atoms with Gasteiger partial charge >= 0.3 is 17.8 Å². The normalized spacial score (nSPS) is 12.2. The van der Waals surface area contributed by atoms with E-state index in [4.69, 9.17) is 27.8 Å². The van der Waals surface area contributed by atoms with Gasteiger partial charge in [-0.1, -0.05) is 12.2 Å². The first-order chi connectivity index (χ1) is 15.6. The van der Waals surface area contributed by atoms with Crippen molar-refractivity contribution < 1.29 is 37.0 Å². The molecule has 184 valence electrons. The summed E-state index contributed by atoms with van der Waals surface area (Å²) < 4.78 is 59.8. The standard InChI is InChI=1S/C19H18F4N4O6S/c1-8(17(31)25-4-3-15(29)30)33-12-6-11(10(20)5-9(12)16(24)34)27-14(28)7-13(19(21,22)23)26(2)18(27)32/h5-8H,3-4H2,1-2H3,(H2,24,34)(H,25,31)(H,29,30). The first kappa shape index (κ1) is 26.5. The fourth-order valence-electron chi connectivity index (χ4n) is 2.80. The highest BCUT2D eigenvalue weighted by atomic mass is 32.1. The van der Waals surface area contributed by atoms with Gasteiger partial charge in [0, 0.05) is 25.7 Å². The minimum absolute atomic E-state index is 0.126. The van der Waals surface area contributed by atoms with E-state index in [-0.39, 0.29) is 44.5 Å². The number of nitrogens with one attached hydrogen (secondary N) is 1. The summed E-state index contributed by atoms with van der Waals surface area (Å²) in [6.07, 6.45) is -6.68. The van der Waals surface area contributed by atoms with Crippen LogP contribution < -0.4 is 27.0 Å². The van der Waals surface area contributed by atoms with Gasteiger partial charge in [-0.3, -0.25) is 19.0 Å². The Kier molecular flexibility index (Phi) is 7.82. The van der Waals surface area contributed by atoms with Crippen LogP contribution in [0.25, 0.3) is 5.69 Å². The van der Waals surface area contributed by atoms with E-state index >= 15 is 0 Å². The van der Waals surface area contributed by atoms with Gasteiger partial charge in [-0.25, -0.2) is 13.8 Å². The third-order valence-electron chi connectivity index (χ3n) is 4.48. The molecule has 0 aliphatic heterocycles. The third-order valence-corrected chi connectivity index (χ3v) is 4.70. The molecule has 1 atom stereocenters. The number of nitrogens with two attached hydrogens (primary N) is 1. The highest BCUT2D eigenvalue weighted by Gasteiger charge is 2.35. The van der Waals surface area contributed by atoms with Gasteiger partial charge in [0.05, 0.1) is 17.7 Å². The number of nitrogens with zero attached hydrogens (tertiary/aromatic N) is 2. The third kappa shape index (κ3) is 5.78. The second kappa shape index (κ2) is 10.0. The number of aliphatic carboxylic acids is 1. The largest absolute Gasteiger partial charge is 0.481 e. The van der Waals surface area contributed by atoms with Crippen LogP contribution in [0.2, 0.25) is 0 Å². The number of carboxylic acid groups (broad SMARTS) is 1. The van der Waals surface area contributed by atoms with Crippen LogP contribution in [0.4, 0.5) is 17.6 Å². The van der Waals surface area contributed by atoms with Crippen LogP contribution in [0.1, 0.15) is 24.6 Å². The lowest BCUT2D eigenvalue weighted by molar-refractivity contribution is -0.144. The molecule has 15 heteroatoms. The Morgan fingerprint density at radius 3 is 2.41 bits per heavy atom. The zero-order chi connectivity index (χ0) is 26.0. The number of alkyl halides is 3. The minimum atomic E-state index is -5.02. The maximum atomic E-state index is 14.8. The maximum absolute atomic E-state index is 14.8. The number of hydrogen-bond acceptors (Lipinski definition) is 6. The maximum Gasteiger partial charge on any atom is 0.431 e. The fraction of sp³-hybridized carbons (Fsp3) is 0.316. The van der Waals surface area contributed by atoms with Gasteiger partial charge in [0.15, 0.2) is 6.10 Å². The average molecular weight is 506 g/mol. The lowest BCUT2D eigenvalue weighted by Crippen LogP contribution is -2.41. The molecule has 0 saturated heterocycles. The molecule has 10 nitrogen and oxygen atoms in total. The Labute approximate surface area is 193 Å². The van der Waals surface area contributed by atoms with E-state index < -0.39 is 52.6 Å². The van der Waals surface area contributed by atoms with Gasteiger partial charge < -0.3 is 20.9 Å². The monoisotopic (exact) mass is 506 g/mol. The number of ether oxygens (including phenoxy) is 1. The molecule has 1 aromatic heterocycles. The van der Waals surface area contributed by atoms with Gasteiger partial charge in [-0.2, -0.15) is 13.2 Å². The lowest BCUT2D eigenvalue weighted by Gasteiger charge is -2.19. The van der Waals surface area contributed by atoms with Crippen LogP contribution in [-0.2, 0) is 22.8 Å². The number of hydrogen-bond donors (Lipinski definition) is 3. The second-order valence-electron chi connectivity index (χ2n) is 6.90. The Bertz CT molecular complexity index is 1270. The number of aromatic nitrogens is 2. The van der Waals surface area contributed by atoms with Crippen molar-refractivity contribution in [3.05, 3.63) is 56.1 Å². The minimum Gasteiger partial charge on any atom is -0.481 e. The summed E-state index contributed by atoms with van der Waals surface area (Å²) in [7, 11) is 0.753. The Balaban J connectivity index is 2.57. The van der Waals surface area contributed by atoms with E-state index in [0.717, 1.165) is 13.1 Å². The van der Waals surface area contributed by atoms with Crippen molar-refractivity contribution in [2.75, 3.05) is 6.54 Å². The number of benzene rings is 1. The zero-order valence-electron chi connectivity index (χ0n) is 17.6. The SMILES string of the molecule is CC(Oc1cc(-n2c(=O)cc(C(F)(F)F)n(C)c2=O)c(F)cc1C(N)=S)C(=O)NCCC(=O)O. The van der Waals surface area contributed by atoms with Crippen molar-refractivity contribution in [3.8, 4) is 11.4 Å². The molecule has 4 N–H and O–H groups in total. The van der Waals surface area contributed by atoms with Crippen LogP contribution in [-0.4, -0.2) is 43.8 Å². The molecule has 0 aliphatic rings. The molecule has 0 saturated carbocycles. The highest BCUT2D eigenvalue weighted by Crippen LogP contribution is 2.28. The molecule has 0 spiro atoms. The molecule has 0 bridgehead atoms. The van der Waals surface area contributed by atoms with Crippen molar-refractivity contribution in [2.24, 2.45) is 12.8 Å². The molecule has 34 heavy (non-hydrogen) atoms. The smallest absolute Gasteiger partial charge is 0.431 e. The van der Waals surface area contributed by atoms with E-state index in [2.05, 4.69) is 5.32 Å². The number of amides is 1. The van der Waals surface area contributed by atoms with Gasteiger partial charge in [-0.05, 0) is 13.0 Å². The zero-order valence-corrected chi connectivity index (χ0v) is 18.4. The van der Waals surface area contributed by atoms with E-state index in [1.54, 1.807) is 0 Å². The van der Waals surface area contributed by atoms with Crippen molar-refractivity contribution in [2.45, 2.75) is 25.6 Å². The quantitative estimate of drug-likeness (QED) is 0.350. The number of rotatable bonds is 8. The summed E-state index contributed by atoms with van der Waals surface area (Å²) >= 11 is 4.82. The average Bonchev–Trinajstić information content (AvgIpc) is 2.71. The van der Waals surface area contributed by atoms with Crippen LogP contribution in [0.3, 0.4) is 0 Å². The summed E-state index contributed by atoms with van der Waals surface area (Å²) in [5.41, 5.74) is 0.0516. The molecule has 0 fully saturated rings. The van der Waals surface area contributed by atoms with Crippen molar-refractivity contribution in [1.29, 1.82) is 0 Å². The van der Waals surface area contributed by atoms with E-state index in [1.165, 1.54) is 6.92 Å². The molecule has 1 aromatic carbocycles. The van der Waals surface area contributed by atoms with E-state index in [1.807, 2.05) is 0 Å². The molecule has 1 amide bonds. The summed E-state index contributed by atoms with van der Waals surface area (Å²) in [4.78, 5) is 47.1. The number of halogens is 4. The van der Waals surface area contributed by atoms with Crippen LogP contribution in [0.5, 0.6) is 5.75 Å². The Hall–Kier alpha value is -3.75.